The highest BCUT2D eigenvalue weighted by Gasteiger charge is 2.16. The van der Waals surface area contributed by atoms with Crippen molar-refractivity contribution in [2.75, 3.05) is 26.2 Å². The van der Waals surface area contributed by atoms with E-state index in [2.05, 4.69) is 4.90 Å². The first kappa shape index (κ1) is 20.6. The van der Waals surface area contributed by atoms with Crippen LogP contribution in [0.5, 0.6) is 5.75 Å². The van der Waals surface area contributed by atoms with Gasteiger partial charge in [-0.2, -0.15) is 0 Å². The number of carbonyl (C=O) groups excluding carboxylic acids is 1. The Hall–Kier alpha value is -2.17. The van der Waals surface area contributed by atoms with Crippen LogP contribution in [0.25, 0.3) is 0 Å². The van der Waals surface area contributed by atoms with Gasteiger partial charge in [0.05, 0.1) is 5.56 Å². The van der Waals surface area contributed by atoms with E-state index in [0.717, 1.165) is 18.7 Å². The van der Waals surface area contributed by atoms with Gasteiger partial charge in [-0.1, -0.05) is 55.3 Å². The van der Waals surface area contributed by atoms with Gasteiger partial charge in [0.25, 0.3) is 0 Å². The molecular formula is C24H31NO3. The number of rotatable bonds is 9. The van der Waals surface area contributed by atoms with Crippen molar-refractivity contribution in [1.82, 2.24) is 4.90 Å². The Bertz CT molecular complexity index is 724. The van der Waals surface area contributed by atoms with Crippen LogP contribution >= 0.6 is 0 Å². The summed E-state index contributed by atoms with van der Waals surface area (Å²) in [6.45, 7) is 2.93. The lowest BCUT2D eigenvalue weighted by atomic mass is 10.0. The molecule has 0 aliphatic carbocycles. The van der Waals surface area contributed by atoms with Crippen molar-refractivity contribution < 1.29 is 14.6 Å². The van der Waals surface area contributed by atoms with Gasteiger partial charge < -0.3 is 14.7 Å². The first-order chi connectivity index (χ1) is 13.7. The summed E-state index contributed by atoms with van der Waals surface area (Å²) in [5.41, 5.74) is 1.75. The molecule has 1 saturated heterocycles. The molecule has 2 aromatic carbocycles. The maximum Gasteiger partial charge on any atom is 0.166 e. The third-order valence-corrected chi connectivity index (χ3v) is 5.27. The lowest BCUT2D eigenvalue weighted by Gasteiger charge is -2.23. The Kier molecular flexibility index (Phi) is 8.07. The Morgan fingerprint density at radius 1 is 0.964 bits per heavy atom. The molecule has 0 amide bonds. The Morgan fingerprint density at radius 3 is 2.39 bits per heavy atom. The van der Waals surface area contributed by atoms with E-state index in [1.54, 1.807) is 0 Å². The average Bonchev–Trinajstić information content (AvgIpc) is 3.00. The number of aliphatic hydroxyl groups is 1. The molecule has 4 heteroatoms. The molecule has 0 saturated carbocycles. The Morgan fingerprint density at radius 2 is 1.64 bits per heavy atom. The summed E-state index contributed by atoms with van der Waals surface area (Å²) < 4.78 is 5.85. The lowest BCUT2D eigenvalue weighted by Crippen LogP contribution is -2.36. The molecule has 28 heavy (non-hydrogen) atoms. The van der Waals surface area contributed by atoms with E-state index in [4.69, 9.17) is 4.74 Å². The van der Waals surface area contributed by atoms with Crippen LogP contribution in [0.15, 0.2) is 54.6 Å². The number of aryl methyl sites for hydroxylation is 1. The molecule has 1 atom stereocenters. The molecule has 0 spiro atoms. The molecule has 150 valence electrons. The number of nitrogens with zero attached hydrogens (tertiary/aromatic N) is 1. The van der Waals surface area contributed by atoms with E-state index in [1.165, 1.54) is 25.7 Å². The quantitative estimate of drug-likeness (QED) is 0.664. The van der Waals surface area contributed by atoms with E-state index in [-0.39, 0.29) is 12.4 Å². The van der Waals surface area contributed by atoms with Gasteiger partial charge in [-0.3, -0.25) is 4.79 Å². The molecule has 1 N–H and O–H groups in total. The fourth-order valence-corrected chi connectivity index (χ4v) is 3.72. The highest BCUT2D eigenvalue weighted by molar-refractivity contribution is 5.98. The van der Waals surface area contributed by atoms with Crippen LogP contribution in [-0.2, 0) is 6.42 Å². The van der Waals surface area contributed by atoms with Gasteiger partial charge in [0, 0.05) is 13.0 Å². The van der Waals surface area contributed by atoms with E-state index in [1.807, 2.05) is 54.6 Å². The van der Waals surface area contributed by atoms with Crippen molar-refractivity contribution >= 4 is 5.78 Å². The number of hydrogen-bond donors (Lipinski definition) is 1. The largest absolute Gasteiger partial charge is 0.490 e. The standard InChI is InChI=1S/C24H31NO3/c26-21(18-25-16-8-1-2-9-17-25)19-28-24-13-7-6-12-22(24)23(27)15-14-20-10-4-3-5-11-20/h3-7,10-13,21,26H,1-2,8-9,14-19H2. The summed E-state index contributed by atoms with van der Waals surface area (Å²) in [5, 5.41) is 10.4. The highest BCUT2D eigenvalue weighted by atomic mass is 16.5. The van der Waals surface area contributed by atoms with Crippen LogP contribution in [-0.4, -0.2) is 48.1 Å². The summed E-state index contributed by atoms with van der Waals surface area (Å²) in [4.78, 5) is 15.0. The number of carbonyl (C=O) groups is 1. The van der Waals surface area contributed by atoms with Crippen LogP contribution < -0.4 is 4.74 Å². The number of β-amino-alcohol motifs (C(OH)–C–C–N with tert-alkyl or cyclic N) is 1. The minimum absolute atomic E-state index is 0.0708. The molecule has 1 unspecified atom stereocenters. The number of likely N-dealkylation sites (tertiary alicyclic amines) is 1. The van der Waals surface area contributed by atoms with Gasteiger partial charge in [-0.05, 0) is 50.0 Å². The fraction of sp³-hybridized carbons (Fsp3) is 0.458. The van der Waals surface area contributed by atoms with Crippen molar-refractivity contribution in [3.05, 3.63) is 65.7 Å². The molecular weight excluding hydrogens is 350 g/mol. The third kappa shape index (κ3) is 6.47. The number of ketones is 1. The SMILES string of the molecule is O=C(CCc1ccccc1)c1ccccc1OCC(O)CN1CCCCCC1. The van der Waals surface area contributed by atoms with Gasteiger partial charge >= 0.3 is 0 Å². The molecule has 0 aromatic heterocycles. The van der Waals surface area contributed by atoms with Crippen LogP contribution in [0, 0.1) is 0 Å². The number of ether oxygens (including phenoxy) is 1. The van der Waals surface area contributed by atoms with Crippen LogP contribution in [0.4, 0.5) is 0 Å². The van der Waals surface area contributed by atoms with Crippen LogP contribution in [0.1, 0.15) is 48.0 Å². The van der Waals surface area contributed by atoms with Crippen LogP contribution in [0.2, 0.25) is 0 Å². The topological polar surface area (TPSA) is 49.8 Å². The first-order valence-corrected chi connectivity index (χ1v) is 10.4. The summed E-state index contributed by atoms with van der Waals surface area (Å²) in [6.07, 6.45) is 5.57. The molecule has 0 bridgehead atoms. The number of Topliss-reactive ketones (excluding diaryl/α,β-unsaturated/α-hetero) is 1. The third-order valence-electron chi connectivity index (χ3n) is 5.27. The van der Waals surface area contributed by atoms with Gasteiger partial charge in [0.15, 0.2) is 5.78 Å². The van der Waals surface area contributed by atoms with E-state index in [9.17, 15) is 9.90 Å². The monoisotopic (exact) mass is 381 g/mol. The van der Waals surface area contributed by atoms with Gasteiger partial charge in [0.2, 0.25) is 0 Å². The average molecular weight is 382 g/mol. The second-order valence-electron chi connectivity index (χ2n) is 7.58. The van der Waals surface area contributed by atoms with E-state index in [0.29, 0.717) is 30.7 Å². The smallest absolute Gasteiger partial charge is 0.166 e. The normalized spacial score (nSPS) is 16.3. The van der Waals surface area contributed by atoms with Crippen molar-refractivity contribution in [3.8, 4) is 5.75 Å². The molecule has 1 fully saturated rings. The molecule has 1 aliphatic heterocycles. The molecule has 1 aliphatic rings. The minimum atomic E-state index is -0.550. The molecule has 0 radical (unpaired) electrons. The Labute approximate surface area is 168 Å². The molecule has 1 heterocycles. The summed E-state index contributed by atoms with van der Waals surface area (Å²) in [6, 6.07) is 17.4. The zero-order chi connectivity index (χ0) is 19.6. The maximum atomic E-state index is 12.7. The van der Waals surface area contributed by atoms with Crippen molar-refractivity contribution in [2.24, 2.45) is 0 Å². The molecule has 3 rings (SSSR count). The van der Waals surface area contributed by atoms with Crippen molar-refractivity contribution in [1.29, 1.82) is 0 Å². The number of para-hydroxylation sites is 1. The number of benzene rings is 2. The van der Waals surface area contributed by atoms with Gasteiger partial charge in [-0.15, -0.1) is 0 Å². The maximum absolute atomic E-state index is 12.7. The zero-order valence-electron chi connectivity index (χ0n) is 16.6. The predicted octanol–water partition coefficient (Wildman–Crippen LogP) is 4.12. The summed E-state index contributed by atoms with van der Waals surface area (Å²) >= 11 is 0. The second-order valence-corrected chi connectivity index (χ2v) is 7.58. The lowest BCUT2D eigenvalue weighted by molar-refractivity contribution is 0.0685. The van der Waals surface area contributed by atoms with Gasteiger partial charge in [0.1, 0.15) is 18.5 Å². The summed E-state index contributed by atoms with van der Waals surface area (Å²) in [7, 11) is 0. The highest BCUT2D eigenvalue weighted by Crippen LogP contribution is 2.21. The predicted molar refractivity (Wildman–Crippen MR) is 112 cm³/mol. The van der Waals surface area contributed by atoms with Gasteiger partial charge in [-0.25, -0.2) is 0 Å². The first-order valence-electron chi connectivity index (χ1n) is 10.4. The Balaban J connectivity index is 1.52. The van der Waals surface area contributed by atoms with Crippen molar-refractivity contribution in [3.63, 3.8) is 0 Å². The summed E-state index contributed by atoms with van der Waals surface area (Å²) in [5.74, 6) is 0.636. The number of hydrogen-bond acceptors (Lipinski definition) is 4. The second kappa shape index (κ2) is 11.0. The fourth-order valence-electron chi connectivity index (χ4n) is 3.72. The minimum Gasteiger partial charge on any atom is -0.490 e. The zero-order valence-corrected chi connectivity index (χ0v) is 16.6. The molecule has 4 nitrogen and oxygen atoms in total. The van der Waals surface area contributed by atoms with Crippen molar-refractivity contribution in [2.45, 2.75) is 44.6 Å². The van der Waals surface area contributed by atoms with Crippen LogP contribution in [0.3, 0.4) is 0 Å². The number of aliphatic hydroxyl groups excluding tert-OH is 1. The van der Waals surface area contributed by atoms with E-state index >= 15 is 0 Å². The molecule has 2 aromatic rings. The van der Waals surface area contributed by atoms with E-state index < -0.39 is 6.10 Å².